The molecule has 112 valence electrons. The first-order valence-electron chi connectivity index (χ1n) is 7.34. The van der Waals surface area contributed by atoms with Gasteiger partial charge in [0.25, 0.3) is 0 Å². The van der Waals surface area contributed by atoms with E-state index in [0.29, 0.717) is 6.04 Å². The summed E-state index contributed by atoms with van der Waals surface area (Å²) < 4.78 is 0. The number of benzene rings is 1. The Labute approximate surface area is 127 Å². The normalized spacial score (nSPS) is 15.8. The predicted octanol–water partition coefficient (Wildman–Crippen LogP) is 2.55. The van der Waals surface area contributed by atoms with E-state index in [4.69, 9.17) is 0 Å². The molecule has 1 saturated heterocycles. The van der Waals surface area contributed by atoms with Crippen LogP contribution in [-0.4, -0.2) is 25.0 Å². The summed E-state index contributed by atoms with van der Waals surface area (Å²) in [5.41, 5.74) is 1.35. The molecule has 1 heterocycles. The molecule has 1 aliphatic heterocycles. The molecule has 1 aliphatic rings. The first-order chi connectivity index (χ1) is 9.29. The fourth-order valence-corrected chi connectivity index (χ4v) is 2.42. The van der Waals surface area contributed by atoms with Gasteiger partial charge in [-0.05, 0) is 24.8 Å². The van der Waals surface area contributed by atoms with Crippen molar-refractivity contribution in [1.82, 2.24) is 10.6 Å². The van der Waals surface area contributed by atoms with Crippen LogP contribution in [0.5, 0.6) is 0 Å². The van der Waals surface area contributed by atoms with Crippen LogP contribution in [0.1, 0.15) is 31.7 Å². The first kappa shape index (κ1) is 17.0. The molecular weight excluding hydrogens is 272 g/mol. The van der Waals surface area contributed by atoms with Crippen molar-refractivity contribution >= 4 is 18.3 Å². The average molecular weight is 297 g/mol. The fraction of sp³-hybridized carbons (Fsp3) is 0.562. The highest BCUT2D eigenvalue weighted by Crippen LogP contribution is 2.11. The lowest BCUT2D eigenvalue weighted by Gasteiger charge is -2.28. The van der Waals surface area contributed by atoms with Gasteiger partial charge in [-0.1, -0.05) is 43.7 Å². The summed E-state index contributed by atoms with van der Waals surface area (Å²) in [5, 5.41) is 6.36. The Morgan fingerprint density at radius 1 is 1.30 bits per heavy atom. The fourth-order valence-electron chi connectivity index (χ4n) is 2.42. The SMILES string of the molecule is CCCC(CCc1ccccc1)NC(=O)C1CNC1.Cl. The largest absolute Gasteiger partial charge is 0.353 e. The number of hydrogen-bond donors (Lipinski definition) is 2. The van der Waals surface area contributed by atoms with Crippen molar-refractivity contribution in [2.45, 2.75) is 38.6 Å². The number of carbonyl (C=O) groups is 1. The van der Waals surface area contributed by atoms with Crippen LogP contribution in [0.25, 0.3) is 0 Å². The van der Waals surface area contributed by atoms with Gasteiger partial charge in [-0.2, -0.15) is 0 Å². The molecule has 3 nitrogen and oxygen atoms in total. The lowest BCUT2D eigenvalue weighted by Crippen LogP contribution is -2.52. The highest BCUT2D eigenvalue weighted by molar-refractivity contribution is 5.85. The molecule has 0 bridgehead atoms. The summed E-state index contributed by atoms with van der Waals surface area (Å²) in [6.45, 7) is 3.85. The molecule has 4 heteroatoms. The van der Waals surface area contributed by atoms with E-state index >= 15 is 0 Å². The van der Waals surface area contributed by atoms with E-state index in [2.05, 4.69) is 41.8 Å². The van der Waals surface area contributed by atoms with Gasteiger partial charge in [0.2, 0.25) is 5.91 Å². The minimum absolute atomic E-state index is 0. The van der Waals surface area contributed by atoms with Gasteiger partial charge < -0.3 is 10.6 Å². The lowest BCUT2D eigenvalue weighted by atomic mass is 9.98. The van der Waals surface area contributed by atoms with Crippen molar-refractivity contribution in [2.24, 2.45) is 5.92 Å². The van der Waals surface area contributed by atoms with E-state index in [9.17, 15) is 4.79 Å². The molecule has 20 heavy (non-hydrogen) atoms. The zero-order valence-corrected chi connectivity index (χ0v) is 12.9. The molecular formula is C16H25ClN2O. The van der Waals surface area contributed by atoms with Gasteiger partial charge in [0.15, 0.2) is 0 Å². The van der Waals surface area contributed by atoms with Crippen LogP contribution in [0, 0.1) is 5.92 Å². The minimum atomic E-state index is 0. The number of nitrogens with one attached hydrogen (secondary N) is 2. The molecule has 2 rings (SSSR count). The number of aryl methyl sites for hydroxylation is 1. The molecule has 1 unspecified atom stereocenters. The molecule has 1 amide bonds. The van der Waals surface area contributed by atoms with Crippen molar-refractivity contribution in [2.75, 3.05) is 13.1 Å². The maximum absolute atomic E-state index is 12.0. The van der Waals surface area contributed by atoms with Gasteiger partial charge >= 0.3 is 0 Å². The van der Waals surface area contributed by atoms with Gasteiger partial charge in [-0.25, -0.2) is 0 Å². The van der Waals surface area contributed by atoms with E-state index in [1.165, 1.54) is 5.56 Å². The Bertz CT molecular complexity index is 393. The maximum Gasteiger partial charge on any atom is 0.225 e. The van der Waals surface area contributed by atoms with E-state index in [-0.39, 0.29) is 24.2 Å². The van der Waals surface area contributed by atoms with Crippen molar-refractivity contribution in [3.05, 3.63) is 35.9 Å². The third-order valence-corrected chi connectivity index (χ3v) is 3.76. The second kappa shape index (κ2) is 8.98. The molecule has 0 radical (unpaired) electrons. The van der Waals surface area contributed by atoms with Crippen LogP contribution in [0.15, 0.2) is 30.3 Å². The minimum Gasteiger partial charge on any atom is -0.353 e. The van der Waals surface area contributed by atoms with Crippen LogP contribution in [0.2, 0.25) is 0 Å². The molecule has 2 N–H and O–H groups in total. The Kier molecular flexibility index (Phi) is 7.63. The first-order valence-corrected chi connectivity index (χ1v) is 7.34. The number of halogens is 1. The third-order valence-electron chi connectivity index (χ3n) is 3.76. The predicted molar refractivity (Wildman–Crippen MR) is 85.2 cm³/mol. The molecule has 0 aliphatic carbocycles. The highest BCUT2D eigenvalue weighted by Gasteiger charge is 2.26. The quantitative estimate of drug-likeness (QED) is 0.812. The molecule has 0 spiro atoms. The van der Waals surface area contributed by atoms with Crippen LogP contribution in [0.4, 0.5) is 0 Å². The van der Waals surface area contributed by atoms with Crippen LogP contribution in [-0.2, 0) is 11.2 Å². The molecule has 1 aromatic carbocycles. The summed E-state index contributed by atoms with van der Waals surface area (Å²) in [5.74, 6) is 0.418. The Hall–Kier alpha value is -1.06. The smallest absolute Gasteiger partial charge is 0.225 e. The summed E-state index contributed by atoms with van der Waals surface area (Å²) >= 11 is 0. The van der Waals surface area contributed by atoms with Gasteiger partial charge in [-0.3, -0.25) is 4.79 Å². The Morgan fingerprint density at radius 3 is 2.55 bits per heavy atom. The van der Waals surface area contributed by atoms with E-state index in [1.54, 1.807) is 0 Å². The van der Waals surface area contributed by atoms with Gasteiger partial charge in [0, 0.05) is 19.1 Å². The van der Waals surface area contributed by atoms with Crippen molar-refractivity contribution in [3.63, 3.8) is 0 Å². The third kappa shape index (κ3) is 5.14. The Morgan fingerprint density at radius 2 is 2.00 bits per heavy atom. The van der Waals surface area contributed by atoms with Crippen LogP contribution >= 0.6 is 12.4 Å². The van der Waals surface area contributed by atoms with Gasteiger partial charge in [0.1, 0.15) is 0 Å². The lowest BCUT2D eigenvalue weighted by molar-refractivity contribution is -0.127. The monoisotopic (exact) mass is 296 g/mol. The van der Waals surface area contributed by atoms with Gasteiger partial charge in [-0.15, -0.1) is 12.4 Å². The highest BCUT2D eigenvalue weighted by atomic mass is 35.5. The van der Waals surface area contributed by atoms with Crippen LogP contribution < -0.4 is 10.6 Å². The second-order valence-corrected chi connectivity index (χ2v) is 5.37. The topological polar surface area (TPSA) is 41.1 Å². The number of rotatable bonds is 7. The zero-order chi connectivity index (χ0) is 13.5. The zero-order valence-electron chi connectivity index (χ0n) is 12.1. The Balaban J connectivity index is 0.00000200. The van der Waals surface area contributed by atoms with E-state index in [0.717, 1.165) is 38.8 Å². The summed E-state index contributed by atoms with van der Waals surface area (Å²) in [7, 11) is 0. The second-order valence-electron chi connectivity index (χ2n) is 5.37. The van der Waals surface area contributed by atoms with Crippen molar-refractivity contribution < 1.29 is 4.79 Å². The standard InChI is InChI=1S/C16H24N2O.ClH/c1-2-6-15(18-16(19)14-11-17-12-14)10-9-13-7-4-3-5-8-13;/h3-5,7-8,14-15,17H,2,6,9-12H2,1H3,(H,18,19);1H. The molecule has 1 atom stereocenters. The van der Waals surface area contributed by atoms with E-state index in [1.807, 2.05) is 6.07 Å². The van der Waals surface area contributed by atoms with Crippen LogP contribution in [0.3, 0.4) is 0 Å². The summed E-state index contributed by atoms with van der Waals surface area (Å²) in [6, 6.07) is 10.8. The number of carbonyl (C=O) groups excluding carboxylic acids is 1. The van der Waals surface area contributed by atoms with Gasteiger partial charge in [0.05, 0.1) is 5.92 Å². The molecule has 0 saturated carbocycles. The number of amides is 1. The summed E-state index contributed by atoms with van der Waals surface area (Å²) in [6.07, 6.45) is 4.25. The van der Waals surface area contributed by atoms with E-state index < -0.39 is 0 Å². The van der Waals surface area contributed by atoms with Crippen molar-refractivity contribution in [1.29, 1.82) is 0 Å². The average Bonchev–Trinajstić information content (AvgIpc) is 2.35. The summed E-state index contributed by atoms with van der Waals surface area (Å²) in [4.78, 5) is 12.0. The molecule has 1 fully saturated rings. The number of hydrogen-bond acceptors (Lipinski definition) is 2. The maximum atomic E-state index is 12.0. The van der Waals surface area contributed by atoms with Crippen molar-refractivity contribution in [3.8, 4) is 0 Å². The molecule has 0 aromatic heterocycles. The molecule has 1 aromatic rings.